The molecule has 1 saturated heterocycles. The van der Waals surface area contributed by atoms with Crippen molar-refractivity contribution in [3.8, 4) is 23.2 Å². The number of nitrogens with zero attached hydrogens (tertiary/aromatic N) is 7. The smallest absolute Gasteiger partial charge is 0.258 e. The van der Waals surface area contributed by atoms with Crippen molar-refractivity contribution in [3.05, 3.63) is 46.9 Å². The maximum absolute atomic E-state index is 9.86. The molecule has 0 unspecified atom stereocenters. The van der Waals surface area contributed by atoms with E-state index in [1.165, 1.54) is 0 Å². The van der Waals surface area contributed by atoms with Crippen LogP contribution >= 0.6 is 0 Å². The zero-order chi connectivity index (χ0) is 23.1. The van der Waals surface area contributed by atoms with E-state index in [9.17, 15) is 5.26 Å². The van der Waals surface area contributed by atoms with Crippen LogP contribution in [-0.2, 0) is 13.5 Å². The van der Waals surface area contributed by atoms with E-state index in [4.69, 9.17) is 15.5 Å². The van der Waals surface area contributed by atoms with Crippen molar-refractivity contribution in [3.63, 3.8) is 0 Å². The lowest BCUT2D eigenvalue weighted by molar-refractivity contribution is 0.219. The third-order valence-electron chi connectivity index (χ3n) is 6.20. The summed E-state index contributed by atoms with van der Waals surface area (Å²) in [5.74, 6) is 1.36. The molecule has 2 aromatic heterocycles. The lowest BCUT2D eigenvalue weighted by Gasteiger charge is -2.23. The lowest BCUT2D eigenvalue weighted by Crippen LogP contribution is -2.30. The molecular weight excluding hydrogens is 416 g/mol. The number of fused-ring (bicyclic) bond motifs is 5. The number of benzene rings is 1. The van der Waals surface area contributed by atoms with Crippen LogP contribution in [0.1, 0.15) is 48.4 Å². The molecule has 5 rings (SSSR count). The van der Waals surface area contributed by atoms with Gasteiger partial charge in [0.15, 0.2) is 5.82 Å². The first-order chi connectivity index (χ1) is 15.9. The van der Waals surface area contributed by atoms with Crippen LogP contribution in [0.4, 0.5) is 11.5 Å². The average molecular weight is 443 g/mol. The van der Waals surface area contributed by atoms with Gasteiger partial charge in [0.1, 0.15) is 23.7 Å². The number of rotatable bonds is 0. The zero-order valence-electron chi connectivity index (χ0n) is 19.0. The number of hydrogen-bond donors (Lipinski definition) is 1. The summed E-state index contributed by atoms with van der Waals surface area (Å²) in [5, 5.41) is 14.5. The standard InChI is InChI=1S/C24H26N8O/c1-14-6-7-17-16(10-14)15(2)33-24-23(26)27-13-19(29-24)22-18(30-31(3)20(22)12-25)11-21(28-17)32-8-4-5-9-32/h6-7,10,13,15H,4-5,8-9,11H2,1-3H3,(H2,26,27)/t15-/m1/s1. The molecule has 4 heterocycles. The van der Waals surface area contributed by atoms with Gasteiger partial charge >= 0.3 is 0 Å². The molecule has 0 amide bonds. The Morgan fingerprint density at radius 2 is 2.03 bits per heavy atom. The molecule has 0 radical (unpaired) electrons. The van der Waals surface area contributed by atoms with Crippen LogP contribution < -0.4 is 10.5 Å². The number of aryl methyl sites for hydroxylation is 2. The van der Waals surface area contributed by atoms with E-state index in [0.29, 0.717) is 23.4 Å². The van der Waals surface area contributed by atoms with Crippen LogP contribution in [0, 0.1) is 18.3 Å². The van der Waals surface area contributed by atoms with Gasteiger partial charge < -0.3 is 15.4 Å². The van der Waals surface area contributed by atoms with Gasteiger partial charge in [0.2, 0.25) is 0 Å². The van der Waals surface area contributed by atoms with E-state index in [-0.39, 0.29) is 17.8 Å². The molecule has 1 atom stereocenters. The maximum Gasteiger partial charge on any atom is 0.258 e. The molecule has 2 N–H and O–H groups in total. The quantitative estimate of drug-likeness (QED) is 0.566. The Morgan fingerprint density at radius 1 is 1.24 bits per heavy atom. The van der Waals surface area contributed by atoms with Crippen LogP contribution in [0.3, 0.4) is 0 Å². The Bertz CT molecular complexity index is 1300. The fraction of sp³-hybridized carbons (Fsp3) is 0.375. The first kappa shape index (κ1) is 20.9. The minimum absolute atomic E-state index is 0.196. The second-order valence-electron chi connectivity index (χ2n) is 8.57. The summed E-state index contributed by atoms with van der Waals surface area (Å²) in [5.41, 5.74) is 11.3. The largest absolute Gasteiger partial charge is 0.467 e. The number of ether oxygens (including phenoxy) is 1. The van der Waals surface area contributed by atoms with Crippen molar-refractivity contribution in [1.29, 1.82) is 5.26 Å². The molecule has 0 spiro atoms. The summed E-state index contributed by atoms with van der Waals surface area (Å²) >= 11 is 0. The molecule has 9 nitrogen and oxygen atoms in total. The van der Waals surface area contributed by atoms with Crippen molar-refractivity contribution < 1.29 is 4.74 Å². The molecule has 2 aliphatic rings. The van der Waals surface area contributed by atoms with Crippen LogP contribution in [0.5, 0.6) is 5.88 Å². The van der Waals surface area contributed by atoms with Crippen molar-refractivity contribution in [2.24, 2.45) is 12.0 Å². The maximum atomic E-state index is 9.86. The summed E-state index contributed by atoms with van der Waals surface area (Å²) in [4.78, 5) is 16.4. The zero-order valence-corrected chi connectivity index (χ0v) is 19.0. The van der Waals surface area contributed by atoms with Crippen molar-refractivity contribution in [2.45, 2.75) is 39.2 Å². The Labute approximate surface area is 192 Å². The first-order valence-electron chi connectivity index (χ1n) is 11.1. The van der Waals surface area contributed by atoms with Crippen molar-refractivity contribution >= 4 is 17.3 Å². The molecule has 168 valence electrons. The molecule has 1 fully saturated rings. The third-order valence-corrected chi connectivity index (χ3v) is 6.20. The molecule has 33 heavy (non-hydrogen) atoms. The summed E-state index contributed by atoms with van der Waals surface area (Å²) in [6, 6.07) is 8.43. The highest BCUT2D eigenvalue weighted by Crippen LogP contribution is 2.35. The molecular formula is C24H26N8O. The lowest BCUT2D eigenvalue weighted by atomic mass is 10.0. The predicted octanol–water partition coefficient (Wildman–Crippen LogP) is 3.46. The average Bonchev–Trinajstić information content (AvgIpc) is 3.43. The van der Waals surface area contributed by atoms with Gasteiger partial charge in [-0.3, -0.25) is 4.68 Å². The number of nitriles is 1. The van der Waals surface area contributed by atoms with Crippen molar-refractivity contribution in [1.82, 2.24) is 24.6 Å². The molecule has 2 aliphatic heterocycles. The third kappa shape index (κ3) is 3.78. The fourth-order valence-corrected chi connectivity index (χ4v) is 4.51. The van der Waals surface area contributed by atoms with E-state index in [2.05, 4.69) is 38.2 Å². The number of aromatic nitrogens is 4. The van der Waals surface area contributed by atoms with Crippen molar-refractivity contribution in [2.75, 3.05) is 18.8 Å². The Morgan fingerprint density at radius 3 is 2.79 bits per heavy atom. The van der Waals surface area contributed by atoms with E-state index < -0.39 is 0 Å². The summed E-state index contributed by atoms with van der Waals surface area (Å²) in [6.07, 6.45) is 3.97. The second kappa shape index (κ2) is 8.20. The SMILES string of the molecule is Cc1ccc2c(c1)[C@@H](C)Oc1nc(cnc1N)-c1c(nn(C)c1C#N)CC(N1CCCC1)=N2. The number of aliphatic imine (C=N–C) groups is 1. The number of amidine groups is 1. The van der Waals surface area contributed by atoms with Crippen LogP contribution in [0.15, 0.2) is 29.4 Å². The summed E-state index contributed by atoms with van der Waals surface area (Å²) in [6.45, 7) is 5.90. The molecule has 0 saturated carbocycles. The summed E-state index contributed by atoms with van der Waals surface area (Å²) in [7, 11) is 1.76. The van der Waals surface area contributed by atoms with Gasteiger partial charge in [0.25, 0.3) is 5.88 Å². The molecule has 2 bridgehead atoms. The van der Waals surface area contributed by atoms with Gasteiger partial charge in [-0.1, -0.05) is 17.7 Å². The van der Waals surface area contributed by atoms with Gasteiger partial charge in [-0.25, -0.2) is 15.0 Å². The molecule has 0 aliphatic carbocycles. The normalized spacial score (nSPS) is 17.7. The van der Waals surface area contributed by atoms with Gasteiger partial charge in [0.05, 0.1) is 35.3 Å². The minimum Gasteiger partial charge on any atom is -0.467 e. The number of anilines is 1. The monoisotopic (exact) mass is 442 g/mol. The number of nitrogen functional groups attached to an aromatic ring is 1. The van der Waals surface area contributed by atoms with Gasteiger partial charge in [-0.2, -0.15) is 10.4 Å². The molecule has 1 aromatic carbocycles. The second-order valence-corrected chi connectivity index (χ2v) is 8.57. The highest BCUT2D eigenvalue weighted by atomic mass is 16.5. The number of hydrogen-bond acceptors (Lipinski definition) is 8. The highest BCUT2D eigenvalue weighted by Gasteiger charge is 2.27. The van der Waals surface area contributed by atoms with Crippen LogP contribution in [0.2, 0.25) is 0 Å². The van der Waals surface area contributed by atoms with E-state index in [1.54, 1.807) is 17.9 Å². The highest BCUT2D eigenvalue weighted by molar-refractivity contribution is 5.89. The summed E-state index contributed by atoms with van der Waals surface area (Å²) < 4.78 is 7.79. The van der Waals surface area contributed by atoms with Crippen LogP contribution in [0.25, 0.3) is 11.3 Å². The predicted molar refractivity (Wildman–Crippen MR) is 125 cm³/mol. The fourth-order valence-electron chi connectivity index (χ4n) is 4.51. The van der Waals surface area contributed by atoms with E-state index >= 15 is 0 Å². The number of nitrogens with two attached hydrogens (primary N) is 1. The Balaban J connectivity index is 1.77. The van der Waals surface area contributed by atoms with Gasteiger partial charge in [-0.05, 0) is 32.8 Å². The van der Waals surface area contributed by atoms with E-state index in [1.807, 2.05) is 19.9 Å². The topological polar surface area (TPSA) is 118 Å². The van der Waals surface area contributed by atoms with E-state index in [0.717, 1.165) is 54.3 Å². The van der Waals surface area contributed by atoms with Crippen LogP contribution in [-0.4, -0.2) is 43.6 Å². The minimum atomic E-state index is -0.349. The van der Waals surface area contributed by atoms with Gasteiger partial charge in [-0.15, -0.1) is 0 Å². The van der Waals surface area contributed by atoms with Gasteiger partial charge in [0, 0.05) is 25.7 Å². The molecule has 3 aromatic rings. The molecule has 9 heteroatoms. The Kier molecular flexibility index (Phi) is 5.21. The Hall–Kier alpha value is -3.93. The first-order valence-corrected chi connectivity index (χ1v) is 11.1. The number of likely N-dealkylation sites (tertiary alicyclic amines) is 1.